The summed E-state index contributed by atoms with van der Waals surface area (Å²) in [5.74, 6) is 0.665. The molecule has 0 aromatic heterocycles. The van der Waals surface area contributed by atoms with Crippen molar-refractivity contribution in [3.8, 4) is 6.07 Å². The van der Waals surface area contributed by atoms with Crippen LogP contribution in [0.3, 0.4) is 0 Å². The number of benzene rings is 1. The standard InChI is InChI=1S/C17H23FN2/c1-3-13-4-7-15(11-19)17(10-13)20(2)12-14-5-8-16(18)9-6-14/h5-6,8-9,13,15,17H,3-4,7,10,12H2,1-2H3. The second-order valence-electron chi connectivity index (χ2n) is 5.93. The Labute approximate surface area is 121 Å². The molecule has 0 heterocycles. The first-order valence-corrected chi connectivity index (χ1v) is 7.48. The molecule has 0 amide bonds. The van der Waals surface area contributed by atoms with Crippen molar-refractivity contribution in [2.75, 3.05) is 7.05 Å². The summed E-state index contributed by atoms with van der Waals surface area (Å²) in [4.78, 5) is 2.27. The van der Waals surface area contributed by atoms with Gasteiger partial charge >= 0.3 is 0 Å². The van der Waals surface area contributed by atoms with E-state index in [1.165, 1.54) is 25.0 Å². The molecule has 0 bridgehead atoms. The quantitative estimate of drug-likeness (QED) is 0.830. The minimum Gasteiger partial charge on any atom is -0.298 e. The van der Waals surface area contributed by atoms with E-state index >= 15 is 0 Å². The Morgan fingerprint density at radius 3 is 2.60 bits per heavy atom. The van der Waals surface area contributed by atoms with Crippen molar-refractivity contribution in [1.82, 2.24) is 4.90 Å². The van der Waals surface area contributed by atoms with E-state index in [1.54, 1.807) is 0 Å². The molecule has 20 heavy (non-hydrogen) atoms. The molecule has 0 N–H and O–H groups in total. The third-order valence-electron chi connectivity index (χ3n) is 4.58. The van der Waals surface area contributed by atoms with E-state index in [1.807, 2.05) is 12.1 Å². The van der Waals surface area contributed by atoms with Gasteiger partial charge in [0, 0.05) is 12.6 Å². The largest absolute Gasteiger partial charge is 0.298 e. The predicted molar refractivity (Wildman–Crippen MR) is 78.4 cm³/mol. The Kier molecular flexibility index (Phi) is 5.14. The lowest BCUT2D eigenvalue weighted by atomic mass is 9.77. The summed E-state index contributed by atoms with van der Waals surface area (Å²) in [7, 11) is 2.08. The van der Waals surface area contributed by atoms with Crippen LogP contribution in [-0.4, -0.2) is 18.0 Å². The summed E-state index contributed by atoms with van der Waals surface area (Å²) in [6, 6.07) is 9.45. The van der Waals surface area contributed by atoms with Crippen LogP contribution < -0.4 is 0 Å². The lowest BCUT2D eigenvalue weighted by molar-refractivity contribution is 0.118. The number of nitrogens with zero attached hydrogens (tertiary/aromatic N) is 2. The van der Waals surface area contributed by atoms with Gasteiger partial charge in [0.05, 0.1) is 12.0 Å². The molecule has 1 fully saturated rings. The Balaban J connectivity index is 2.03. The highest BCUT2D eigenvalue weighted by molar-refractivity contribution is 5.16. The van der Waals surface area contributed by atoms with E-state index in [9.17, 15) is 9.65 Å². The molecule has 0 spiro atoms. The third kappa shape index (κ3) is 3.58. The highest BCUT2D eigenvalue weighted by atomic mass is 19.1. The van der Waals surface area contributed by atoms with E-state index in [0.29, 0.717) is 6.04 Å². The summed E-state index contributed by atoms with van der Waals surface area (Å²) in [5.41, 5.74) is 1.10. The fraction of sp³-hybridized carbons (Fsp3) is 0.588. The van der Waals surface area contributed by atoms with Crippen LogP contribution in [0, 0.1) is 29.0 Å². The zero-order valence-electron chi connectivity index (χ0n) is 12.3. The molecule has 2 nitrogen and oxygen atoms in total. The monoisotopic (exact) mass is 274 g/mol. The van der Waals surface area contributed by atoms with Gasteiger partial charge in [-0.05, 0) is 49.9 Å². The van der Waals surface area contributed by atoms with Gasteiger partial charge in [-0.3, -0.25) is 4.90 Å². The van der Waals surface area contributed by atoms with Crippen molar-refractivity contribution in [2.24, 2.45) is 11.8 Å². The normalized spacial score (nSPS) is 26.4. The van der Waals surface area contributed by atoms with Gasteiger partial charge in [-0.15, -0.1) is 0 Å². The first-order chi connectivity index (χ1) is 9.63. The lowest BCUT2D eigenvalue weighted by Gasteiger charge is -2.38. The second-order valence-corrected chi connectivity index (χ2v) is 5.93. The molecule has 1 aliphatic rings. The van der Waals surface area contributed by atoms with Crippen molar-refractivity contribution in [3.05, 3.63) is 35.6 Å². The van der Waals surface area contributed by atoms with Crippen molar-refractivity contribution < 1.29 is 4.39 Å². The molecular formula is C17H23FN2. The van der Waals surface area contributed by atoms with E-state index in [-0.39, 0.29) is 11.7 Å². The minimum atomic E-state index is -0.199. The minimum absolute atomic E-state index is 0.128. The highest BCUT2D eigenvalue weighted by Crippen LogP contribution is 2.33. The maximum atomic E-state index is 12.9. The summed E-state index contributed by atoms with van der Waals surface area (Å²) < 4.78 is 12.9. The molecule has 0 saturated heterocycles. The Hall–Kier alpha value is -1.40. The van der Waals surface area contributed by atoms with Gasteiger partial charge in [0.15, 0.2) is 0 Å². The molecular weight excluding hydrogens is 251 g/mol. The fourth-order valence-corrected chi connectivity index (χ4v) is 3.23. The average molecular weight is 274 g/mol. The van der Waals surface area contributed by atoms with Crippen LogP contribution in [0.15, 0.2) is 24.3 Å². The SMILES string of the molecule is CCC1CCC(C#N)C(N(C)Cc2ccc(F)cc2)C1. The van der Waals surface area contributed by atoms with Crippen LogP contribution >= 0.6 is 0 Å². The van der Waals surface area contributed by atoms with Crippen LogP contribution in [-0.2, 0) is 6.54 Å². The maximum absolute atomic E-state index is 12.9. The van der Waals surface area contributed by atoms with Gasteiger partial charge in [0.2, 0.25) is 0 Å². The lowest BCUT2D eigenvalue weighted by Crippen LogP contribution is -2.41. The van der Waals surface area contributed by atoms with Crippen molar-refractivity contribution >= 4 is 0 Å². The number of rotatable bonds is 4. The van der Waals surface area contributed by atoms with Gasteiger partial charge in [0.25, 0.3) is 0 Å². The van der Waals surface area contributed by atoms with Gasteiger partial charge in [-0.1, -0.05) is 25.5 Å². The molecule has 0 aliphatic heterocycles. The number of halogens is 1. The van der Waals surface area contributed by atoms with Crippen LogP contribution in [0.2, 0.25) is 0 Å². The van der Waals surface area contributed by atoms with Gasteiger partial charge in [0.1, 0.15) is 5.82 Å². The summed E-state index contributed by atoms with van der Waals surface area (Å²) >= 11 is 0. The summed E-state index contributed by atoms with van der Waals surface area (Å²) in [6.07, 6.45) is 4.48. The molecule has 108 valence electrons. The van der Waals surface area contributed by atoms with Crippen LogP contribution in [0.5, 0.6) is 0 Å². The number of hydrogen-bond donors (Lipinski definition) is 0. The van der Waals surface area contributed by atoms with Crippen molar-refractivity contribution in [2.45, 2.75) is 45.2 Å². The zero-order valence-corrected chi connectivity index (χ0v) is 12.3. The molecule has 1 aliphatic carbocycles. The molecule has 1 saturated carbocycles. The molecule has 3 atom stereocenters. The number of nitriles is 1. The van der Waals surface area contributed by atoms with E-state index in [2.05, 4.69) is 24.9 Å². The van der Waals surface area contributed by atoms with Crippen LogP contribution in [0.4, 0.5) is 4.39 Å². The van der Waals surface area contributed by atoms with Crippen LogP contribution in [0.1, 0.15) is 38.2 Å². The third-order valence-corrected chi connectivity index (χ3v) is 4.58. The molecule has 0 radical (unpaired) electrons. The molecule has 2 rings (SSSR count). The van der Waals surface area contributed by atoms with Crippen molar-refractivity contribution in [1.29, 1.82) is 5.26 Å². The van der Waals surface area contributed by atoms with Gasteiger partial charge < -0.3 is 0 Å². The zero-order chi connectivity index (χ0) is 14.5. The predicted octanol–water partition coefficient (Wildman–Crippen LogP) is 3.98. The summed E-state index contributed by atoms with van der Waals surface area (Å²) in [5, 5.41) is 9.35. The topological polar surface area (TPSA) is 27.0 Å². The van der Waals surface area contributed by atoms with E-state index in [4.69, 9.17) is 0 Å². The number of hydrogen-bond acceptors (Lipinski definition) is 2. The first-order valence-electron chi connectivity index (χ1n) is 7.48. The Morgan fingerprint density at radius 2 is 2.00 bits per heavy atom. The Morgan fingerprint density at radius 1 is 1.30 bits per heavy atom. The highest BCUT2D eigenvalue weighted by Gasteiger charge is 2.32. The molecule has 3 unspecified atom stereocenters. The van der Waals surface area contributed by atoms with E-state index in [0.717, 1.165) is 30.9 Å². The second kappa shape index (κ2) is 6.85. The first kappa shape index (κ1) is 15.0. The maximum Gasteiger partial charge on any atom is 0.123 e. The van der Waals surface area contributed by atoms with E-state index < -0.39 is 0 Å². The van der Waals surface area contributed by atoms with Gasteiger partial charge in [-0.2, -0.15) is 5.26 Å². The van der Waals surface area contributed by atoms with Gasteiger partial charge in [-0.25, -0.2) is 4.39 Å². The van der Waals surface area contributed by atoms with Crippen molar-refractivity contribution in [3.63, 3.8) is 0 Å². The molecule has 3 heteroatoms. The Bertz CT molecular complexity index is 463. The fourth-order valence-electron chi connectivity index (χ4n) is 3.23. The average Bonchev–Trinajstić information content (AvgIpc) is 2.48. The van der Waals surface area contributed by atoms with Crippen LogP contribution in [0.25, 0.3) is 0 Å². The molecule has 1 aromatic carbocycles. The smallest absolute Gasteiger partial charge is 0.123 e. The molecule has 1 aromatic rings. The summed E-state index contributed by atoms with van der Waals surface area (Å²) in [6.45, 7) is 3.01.